The van der Waals surface area contributed by atoms with Gasteiger partial charge in [-0.15, -0.1) is 0 Å². The second-order valence-corrected chi connectivity index (χ2v) is 3.71. The second-order valence-electron chi connectivity index (χ2n) is 3.71. The molecule has 3 nitrogen and oxygen atoms in total. The number of rotatable bonds is 1. The van der Waals surface area contributed by atoms with E-state index >= 15 is 0 Å². The lowest BCUT2D eigenvalue weighted by Crippen LogP contribution is -1.97. The van der Waals surface area contributed by atoms with Crippen molar-refractivity contribution in [2.75, 3.05) is 0 Å². The zero-order chi connectivity index (χ0) is 10.8. The van der Waals surface area contributed by atoms with E-state index in [1.165, 1.54) is 18.5 Å². The van der Waals surface area contributed by atoms with Crippen LogP contribution in [0.2, 0.25) is 0 Å². The first-order chi connectivity index (χ1) is 7.36. The first-order valence-corrected chi connectivity index (χ1v) is 5.65. The topological polar surface area (TPSA) is 30.2 Å². The minimum atomic E-state index is 0.727. The van der Waals surface area contributed by atoms with Crippen LogP contribution in [0.5, 0.6) is 0 Å². The van der Waals surface area contributed by atoms with Gasteiger partial charge in [0.1, 0.15) is 0 Å². The van der Waals surface area contributed by atoms with Gasteiger partial charge in [-0.3, -0.25) is 0 Å². The van der Waals surface area contributed by atoms with Crippen LogP contribution in [-0.4, -0.2) is 14.6 Å². The number of fused-ring (bicyclic) bond motifs is 1. The highest BCUT2D eigenvalue weighted by atomic mass is 15.3. The van der Waals surface area contributed by atoms with Gasteiger partial charge in [-0.25, -0.2) is 9.50 Å². The maximum Gasteiger partial charge on any atom is 0.158 e. The molecular weight excluding hydrogens is 186 g/mol. The normalized spacial score (nSPS) is 14.9. The molecule has 1 aliphatic rings. The van der Waals surface area contributed by atoms with Crippen LogP contribution in [0.15, 0.2) is 18.5 Å². The van der Waals surface area contributed by atoms with Crippen molar-refractivity contribution in [3.8, 4) is 0 Å². The molecule has 0 unspecified atom stereocenters. The summed E-state index contributed by atoms with van der Waals surface area (Å²) < 4.78 is 1.98. The summed E-state index contributed by atoms with van der Waals surface area (Å²) in [6, 6.07) is 2.08. The molecule has 0 bridgehead atoms. The Hall–Kier alpha value is -1.38. The van der Waals surface area contributed by atoms with E-state index in [4.69, 9.17) is 0 Å². The average Bonchev–Trinajstić information content (AvgIpc) is 3.07. The maximum absolute atomic E-state index is 4.33. The van der Waals surface area contributed by atoms with Crippen LogP contribution in [0.4, 0.5) is 0 Å². The molecule has 3 heteroatoms. The van der Waals surface area contributed by atoms with Crippen LogP contribution in [0.1, 0.15) is 43.9 Å². The molecule has 0 spiro atoms. The van der Waals surface area contributed by atoms with E-state index in [0.717, 1.165) is 17.1 Å². The average molecular weight is 203 g/mol. The summed E-state index contributed by atoms with van der Waals surface area (Å²) in [5, 5.41) is 4.33. The summed E-state index contributed by atoms with van der Waals surface area (Å²) in [7, 11) is 0. The molecule has 15 heavy (non-hydrogen) atoms. The van der Waals surface area contributed by atoms with Crippen LogP contribution < -0.4 is 0 Å². The predicted molar refractivity (Wildman–Crippen MR) is 61.0 cm³/mol. The van der Waals surface area contributed by atoms with Crippen molar-refractivity contribution in [3.63, 3.8) is 0 Å². The van der Waals surface area contributed by atoms with Crippen LogP contribution in [0.3, 0.4) is 0 Å². The SMILES string of the molecule is CC.Cc1cnn2c(C3CC3)ccnc12. The monoisotopic (exact) mass is 203 g/mol. The van der Waals surface area contributed by atoms with Gasteiger partial charge in [0.25, 0.3) is 0 Å². The fraction of sp³-hybridized carbons (Fsp3) is 0.500. The van der Waals surface area contributed by atoms with Gasteiger partial charge >= 0.3 is 0 Å². The van der Waals surface area contributed by atoms with Crippen LogP contribution in [-0.2, 0) is 0 Å². The first-order valence-electron chi connectivity index (χ1n) is 5.65. The Morgan fingerprint density at radius 1 is 1.33 bits per heavy atom. The van der Waals surface area contributed by atoms with Crippen molar-refractivity contribution >= 4 is 5.65 Å². The van der Waals surface area contributed by atoms with E-state index in [1.54, 1.807) is 0 Å². The van der Waals surface area contributed by atoms with Gasteiger partial charge < -0.3 is 0 Å². The van der Waals surface area contributed by atoms with Crippen molar-refractivity contribution in [1.29, 1.82) is 0 Å². The fourth-order valence-electron chi connectivity index (χ4n) is 1.71. The van der Waals surface area contributed by atoms with Crippen molar-refractivity contribution in [2.45, 2.75) is 39.5 Å². The van der Waals surface area contributed by atoms with E-state index in [0.29, 0.717) is 0 Å². The van der Waals surface area contributed by atoms with Crippen molar-refractivity contribution in [2.24, 2.45) is 0 Å². The summed E-state index contributed by atoms with van der Waals surface area (Å²) in [4.78, 5) is 4.31. The molecule has 2 heterocycles. The van der Waals surface area contributed by atoms with Gasteiger partial charge in [0.2, 0.25) is 0 Å². The zero-order valence-corrected chi connectivity index (χ0v) is 9.57. The van der Waals surface area contributed by atoms with Gasteiger partial charge in [-0.1, -0.05) is 13.8 Å². The highest BCUT2D eigenvalue weighted by molar-refractivity contribution is 5.46. The van der Waals surface area contributed by atoms with Gasteiger partial charge in [-0.05, 0) is 25.8 Å². The molecule has 0 radical (unpaired) electrons. The number of aromatic nitrogens is 3. The molecule has 80 valence electrons. The Morgan fingerprint density at radius 3 is 2.73 bits per heavy atom. The molecule has 0 aliphatic heterocycles. The molecule has 1 fully saturated rings. The minimum absolute atomic E-state index is 0.727. The van der Waals surface area contributed by atoms with Crippen molar-refractivity contribution in [1.82, 2.24) is 14.6 Å². The van der Waals surface area contributed by atoms with Crippen LogP contribution in [0, 0.1) is 6.92 Å². The smallest absolute Gasteiger partial charge is 0.158 e. The Morgan fingerprint density at radius 2 is 2.07 bits per heavy atom. The maximum atomic E-state index is 4.33. The molecule has 2 aromatic heterocycles. The Kier molecular flexibility index (Phi) is 2.71. The van der Waals surface area contributed by atoms with E-state index in [-0.39, 0.29) is 0 Å². The molecule has 0 saturated heterocycles. The van der Waals surface area contributed by atoms with Gasteiger partial charge in [0.15, 0.2) is 5.65 Å². The lowest BCUT2D eigenvalue weighted by atomic mass is 10.3. The third-order valence-corrected chi connectivity index (χ3v) is 2.60. The Balaban J connectivity index is 0.000000404. The third-order valence-electron chi connectivity index (χ3n) is 2.60. The van der Waals surface area contributed by atoms with Crippen molar-refractivity contribution < 1.29 is 0 Å². The molecule has 1 aliphatic carbocycles. The molecule has 0 aromatic carbocycles. The molecule has 1 saturated carbocycles. The summed E-state index contributed by atoms with van der Waals surface area (Å²) in [6.07, 6.45) is 6.38. The zero-order valence-electron chi connectivity index (χ0n) is 9.57. The van der Waals surface area contributed by atoms with Gasteiger partial charge in [-0.2, -0.15) is 5.10 Å². The van der Waals surface area contributed by atoms with Crippen molar-refractivity contribution in [3.05, 3.63) is 29.7 Å². The fourth-order valence-corrected chi connectivity index (χ4v) is 1.71. The highest BCUT2D eigenvalue weighted by Gasteiger charge is 2.26. The predicted octanol–water partition coefficient (Wildman–Crippen LogP) is 2.94. The highest BCUT2D eigenvalue weighted by Crippen LogP contribution is 2.39. The number of hydrogen-bond acceptors (Lipinski definition) is 2. The lowest BCUT2D eigenvalue weighted by molar-refractivity contribution is 0.842. The van der Waals surface area contributed by atoms with Gasteiger partial charge in [0, 0.05) is 23.4 Å². The van der Waals surface area contributed by atoms with E-state index in [9.17, 15) is 0 Å². The lowest BCUT2D eigenvalue weighted by Gasteiger charge is -2.00. The summed E-state index contributed by atoms with van der Waals surface area (Å²) in [5.74, 6) is 0.727. The molecule has 0 amide bonds. The molecule has 0 atom stereocenters. The second kappa shape index (κ2) is 4.01. The number of nitrogens with zero attached hydrogens (tertiary/aromatic N) is 3. The minimum Gasteiger partial charge on any atom is -0.237 e. The first kappa shape index (κ1) is 10.1. The number of aryl methyl sites for hydroxylation is 1. The molecular formula is C12H17N3. The van der Waals surface area contributed by atoms with E-state index in [1.807, 2.05) is 37.7 Å². The summed E-state index contributed by atoms with van der Waals surface area (Å²) in [6.45, 7) is 6.05. The molecule has 2 aromatic rings. The van der Waals surface area contributed by atoms with Crippen LogP contribution >= 0.6 is 0 Å². The number of hydrogen-bond donors (Lipinski definition) is 0. The largest absolute Gasteiger partial charge is 0.237 e. The van der Waals surface area contributed by atoms with E-state index < -0.39 is 0 Å². The summed E-state index contributed by atoms with van der Waals surface area (Å²) >= 11 is 0. The Bertz CT molecular complexity index is 455. The third kappa shape index (κ3) is 1.74. The molecule has 0 N–H and O–H groups in total. The standard InChI is InChI=1S/C10H11N3.C2H6/c1-7-6-12-13-9(8-2-3-8)4-5-11-10(7)13;1-2/h4-6,8H,2-3H2,1H3;1-2H3. The van der Waals surface area contributed by atoms with Gasteiger partial charge in [0.05, 0.1) is 6.20 Å². The van der Waals surface area contributed by atoms with E-state index in [2.05, 4.69) is 16.1 Å². The van der Waals surface area contributed by atoms with Crippen LogP contribution in [0.25, 0.3) is 5.65 Å². The summed E-state index contributed by atoms with van der Waals surface area (Å²) in [5.41, 5.74) is 3.48. The molecule has 3 rings (SSSR count). The quantitative estimate of drug-likeness (QED) is 0.713. The Labute approximate surface area is 90.1 Å².